The van der Waals surface area contributed by atoms with Crippen LogP contribution in [-0.4, -0.2) is 13.2 Å². The predicted octanol–water partition coefficient (Wildman–Crippen LogP) is 4.69. The van der Waals surface area contributed by atoms with Crippen LogP contribution in [0.25, 0.3) is 0 Å². The molecule has 3 heteroatoms. The zero-order chi connectivity index (χ0) is 13.7. The number of methoxy groups -OCH3 is 1. The smallest absolute Gasteiger partial charge is 0.121 e. The zero-order valence-electron chi connectivity index (χ0n) is 11.9. The summed E-state index contributed by atoms with van der Waals surface area (Å²) in [4.78, 5) is 0. The van der Waals surface area contributed by atoms with E-state index in [1.165, 1.54) is 37.8 Å². The second-order valence-corrected chi connectivity index (χ2v) is 7.80. The molecule has 1 aromatic carbocycles. The molecule has 0 saturated heterocycles. The lowest BCUT2D eigenvalue weighted by molar-refractivity contribution is 0.00751. The van der Waals surface area contributed by atoms with E-state index in [1.54, 1.807) is 7.11 Å². The van der Waals surface area contributed by atoms with Crippen LogP contribution in [0.2, 0.25) is 0 Å². The number of rotatable bonds is 3. The van der Waals surface area contributed by atoms with Crippen molar-refractivity contribution >= 4 is 21.6 Å². The van der Waals surface area contributed by atoms with E-state index in [-0.39, 0.29) is 0 Å². The summed E-state index contributed by atoms with van der Waals surface area (Å²) in [6, 6.07) is 6.88. The fourth-order valence-electron chi connectivity index (χ4n) is 5.08. The van der Waals surface area contributed by atoms with Crippen LogP contribution in [0.4, 0.5) is 5.69 Å². The van der Waals surface area contributed by atoms with E-state index < -0.39 is 0 Å². The Morgan fingerprint density at radius 2 is 1.70 bits per heavy atom. The van der Waals surface area contributed by atoms with Gasteiger partial charge < -0.3 is 10.1 Å². The minimum Gasteiger partial charge on any atom is -0.497 e. The molecule has 2 nitrogen and oxygen atoms in total. The third kappa shape index (κ3) is 2.14. The number of halogens is 1. The van der Waals surface area contributed by atoms with Crippen molar-refractivity contribution in [2.24, 2.45) is 23.7 Å². The molecule has 0 aromatic heterocycles. The molecule has 5 rings (SSSR count). The molecule has 1 aromatic rings. The van der Waals surface area contributed by atoms with Crippen molar-refractivity contribution in [1.29, 1.82) is 0 Å². The summed E-state index contributed by atoms with van der Waals surface area (Å²) in [7, 11) is 1.73. The molecule has 0 unspecified atom stereocenters. The Morgan fingerprint density at radius 1 is 1.05 bits per heavy atom. The van der Waals surface area contributed by atoms with Gasteiger partial charge in [-0.2, -0.15) is 0 Å². The van der Waals surface area contributed by atoms with Crippen LogP contribution in [0.3, 0.4) is 0 Å². The molecule has 4 aliphatic rings. The zero-order valence-corrected chi connectivity index (χ0v) is 13.5. The lowest BCUT2D eigenvalue weighted by Crippen LogP contribution is -2.51. The van der Waals surface area contributed by atoms with Crippen LogP contribution in [-0.2, 0) is 0 Å². The minimum atomic E-state index is 0.672. The third-order valence-corrected chi connectivity index (χ3v) is 6.41. The quantitative estimate of drug-likeness (QED) is 0.864. The number of nitrogens with one attached hydrogen (secondary N) is 1. The Kier molecular flexibility index (Phi) is 3.21. The van der Waals surface area contributed by atoms with E-state index >= 15 is 0 Å². The minimum absolute atomic E-state index is 0.672. The van der Waals surface area contributed by atoms with Gasteiger partial charge in [-0.15, -0.1) is 0 Å². The number of hydrogen-bond acceptors (Lipinski definition) is 2. The Labute approximate surface area is 129 Å². The maximum Gasteiger partial charge on any atom is 0.121 e. The van der Waals surface area contributed by atoms with E-state index in [2.05, 4.69) is 33.4 Å². The largest absolute Gasteiger partial charge is 0.497 e. The number of benzene rings is 1. The van der Waals surface area contributed by atoms with Gasteiger partial charge in [-0.3, -0.25) is 0 Å². The van der Waals surface area contributed by atoms with Crippen LogP contribution in [0.5, 0.6) is 5.75 Å². The van der Waals surface area contributed by atoms with Gasteiger partial charge >= 0.3 is 0 Å². The number of hydrogen-bond donors (Lipinski definition) is 1. The molecule has 4 bridgehead atoms. The summed E-state index contributed by atoms with van der Waals surface area (Å²) < 4.78 is 6.50. The van der Waals surface area contributed by atoms with Gasteiger partial charge in [0.05, 0.1) is 12.8 Å². The monoisotopic (exact) mass is 335 g/mol. The Balaban J connectivity index is 1.57. The predicted molar refractivity (Wildman–Crippen MR) is 85.1 cm³/mol. The van der Waals surface area contributed by atoms with Crippen LogP contribution in [0.15, 0.2) is 22.7 Å². The van der Waals surface area contributed by atoms with Crippen molar-refractivity contribution in [3.05, 3.63) is 22.7 Å². The first-order valence-corrected chi connectivity index (χ1v) is 8.62. The first-order chi connectivity index (χ1) is 9.72. The topological polar surface area (TPSA) is 21.3 Å². The van der Waals surface area contributed by atoms with Crippen LogP contribution < -0.4 is 10.1 Å². The molecule has 0 amide bonds. The Morgan fingerprint density at radius 3 is 2.30 bits per heavy atom. The lowest BCUT2D eigenvalue weighted by atomic mass is 9.54. The van der Waals surface area contributed by atoms with E-state index in [4.69, 9.17) is 4.74 Å². The third-order valence-electron chi connectivity index (χ3n) is 5.72. The highest BCUT2D eigenvalue weighted by molar-refractivity contribution is 9.10. The summed E-state index contributed by atoms with van der Waals surface area (Å²) in [5.74, 6) is 4.78. The van der Waals surface area contributed by atoms with Crippen molar-refractivity contribution in [3.63, 3.8) is 0 Å². The summed E-state index contributed by atoms with van der Waals surface area (Å²) >= 11 is 3.67. The van der Waals surface area contributed by atoms with Gasteiger partial charge in [-0.1, -0.05) is 0 Å². The van der Waals surface area contributed by atoms with Gasteiger partial charge in [0.15, 0.2) is 0 Å². The number of anilines is 1. The molecule has 4 aliphatic carbocycles. The molecule has 4 saturated carbocycles. The van der Waals surface area contributed by atoms with E-state index in [1.807, 2.05) is 6.07 Å². The van der Waals surface area contributed by atoms with Gasteiger partial charge in [0.2, 0.25) is 0 Å². The van der Waals surface area contributed by atoms with Crippen molar-refractivity contribution in [2.45, 2.75) is 38.1 Å². The first-order valence-electron chi connectivity index (χ1n) is 7.83. The Hall–Kier alpha value is -0.700. The second kappa shape index (κ2) is 4.94. The van der Waals surface area contributed by atoms with E-state index in [9.17, 15) is 0 Å². The molecule has 1 N–H and O–H groups in total. The second-order valence-electron chi connectivity index (χ2n) is 6.95. The normalized spacial score (nSPS) is 38.0. The van der Waals surface area contributed by atoms with Crippen LogP contribution in [0, 0.1) is 23.7 Å². The fraction of sp³-hybridized carbons (Fsp3) is 0.647. The molecular weight excluding hydrogens is 314 g/mol. The molecule has 0 heterocycles. The van der Waals surface area contributed by atoms with Crippen molar-refractivity contribution in [2.75, 3.05) is 12.4 Å². The maximum absolute atomic E-state index is 5.36. The number of ether oxygens (including phenoxy) is 1. The molecule has 20 heavy (non-hydrogen) atoms. The molecule has 0 aliphatic heterocycles. The summed E-state index contributed by atoms with van der Waals surface area (Å²) in [5.41, 5.74) is 1.20. The molecule has 0 spiro atoms. The SMILES string of the molecule is COc1ccc(Br)c(NC2C3CC4CC(C3)CC2C4)c1. The molecule has 0 radical (unpaired) electrons. The van der Waals surface area contributed by atoms with Gasteiger partial charge in [0.1, 0.15) is 5.75 Å². The highest BCUT2D eigenvalue weighted by Gasteiger charge is 2.48. The first kappa shape index (κ1) is 13.0. The highest BCUT2D eigenvalue weighted by atomic mass is 79.9. The van der Waals surface area contributed by atoms with Crippen molar-refractivity contribution < 1.29 is 4.74 Å². The fourth-order valence-corrected chi connectivity index (χ4v) is 5.44. The molecule has 4 fully saturated rings. The summed E-state index contributed by atoms with van der Waals surface area (Å²) in [5, 5.41) is 3.84. The van der Waals surface area contributed by atoms with Crippen molar-refractivity contribution in [3.8, 4) is 5.75 Å². The highest BCUT2D eigenvalue weighted by Crippen LogP contribution is 2.54. The molecule has 108 valence electrons. The maximum atomic E-state index is 5.36. The summed E-state index contributed by atoms with van der Waals surface area (Å²) in [6.07, 6.45) is 7.32. The van der Waals surface area contributed by atoms with Gasteiger partial charge in [0.25, 0.3) is 0 Å². The van der Waals surface area contributed by atoms with Crippen LogP contribution in [0.1, 0.15) is 32.1 Å². The van der Waals surface area contributed by atoms with Crippen molar-refractivity contribution in [1.82, 2.24) is 0 Å². The average molecular weight is 336 g/mol. The molecule has 0 atom stereocenters. The Bertz CT molecular complexity index is 488. The van der Waals surface area contributed by atoms with E-state index in [0.717, 1.165) is 33.9 Å². The van der Waals surface area contributed by atoms with E-state index in [0.29, 0.717) is 6.04 Å². The summed E-state index contributed by atoms with van der Waals surface area (Å²) in [6.45, 7) is 0. The lowest BCUT2D eigenvalue weighted by Gasteiger charge is -2.54. The average Bonchev–Trinajstić information content (AvgIpc) is 2.44. The van der Waals surface area contributed by atoms with Gasteiger partial charge in [-0.05, 0) is 83.8 Å². The van der Waals surface area contributed by atoms with Gasteiger partial charge in [-0.25, -0.2) is 0 Å². The van der Waals surface area contributed by atoms with Crippen LogP contribution >= 0.6 is 15.9 Å². The molecular formula is C17H22BrNO. The standard InChI is InChI=1S/C17H22BrNO/c1-20-14-2-3-15(18)16(9-14)19-17-12-5-10-4-11(7-12)8-13(17)6-10/h2-3,9-13,17,19H,4-8H2,1H3. The van der Waals surface area contributed by atoms with Gasteiger partial charge in [0, 0.05) is 16.6 Å².